The van der Waals surface area contributed by atoms with Gasteiger partial charge in [-0.05, 0) is 37.9 Å². The summed E-state index contributed by atoms with van der Waals surface area (Å²) in [5, 5.41) is 0. The molecule has 0 N–H and O–H groups in total. The molecular weight excluding hydrogens is 290 g/mol. The van der Waals surface area contributed by atoms with Crippen LogP contribution in [-0.2, 0) is 4.79 Å². The zero-order valence-electron chi connectivity index (χ0n) is 13.6. The largest absolute Gasteiger partial charge is 0.440 e. The topological polar surface area (TPSA) is 49.6 Å². The van der Waals surface area contributed by atoms with Gasteiger partial charge in [-0.1, -0.05) is 12.1 Å². The molecule has 4 rings (SSSR count). The van der Waals surface area contributed by atoms with Crippen LogP contribution in [-0.4, -0.2) is 52.9 Å². The van der Waals surface area contributed by atoms with Gasteiger partial charge >= 0.3 is 0 Å². The van der Waals surface area contributed by atoms with E-state index in [0.29, 0.717) is 12.0 Å². The molecule has 2 aliphatic rings. The minimum Gasteiger partial charge on any atom is -0.440 e. The summed E-state index contributed by atoms with van der Waals surface area (Å²) >= 11 is 0. The number of carbonyl (C=O) groups excluding carboxylic acids is 1. The summed E-state index contributed by atoms with van der Waals surface area (Å²) in [4.78, 5) is 20.6. The van der Waals surface area contributed by atoms with Gasteiger partial charge < -0.3 is 9.32 Å². The number of aromatic nitrogens is 1. The highest BCUT2D eigenvalue weighted by Crippen LogP contribution is 2.32. The van der Waals surface area contributed by atoms with Crippen molar-refractivity contribution in [2.24, 2.45) is 0 Å². The maximum absolute atomic E-state index is 11.4. The number of para-hydroxylation sites is 2. The lowest BCUT2D eigenvalue weighted by molar-refractivity contribution is -0.130. The number of fused-ring (bicyclic) bond motifs is 1. The average molecular weight is 313 g/mol. The molecule has 0 unspecified atom stereocenters. The minimum absolute atomic E-state index is 0.203. The van der Waals surface area contributed by atoms with Crippen LogP contribution < -0.4 is 0 Å². The summed E-state index contributed by atoms with van der Waals surface area (Å²) in [5.41, 5.74) is 1.84. The maximum Gasteiger partial charge on any atom is 0.219 e. The molecule has 3 heterocycles. The lowest BCUT2D eigenvalue weighted by atomic mass is 10.0. The summed E-state index contributed by atoms with van der Waals surface area (Å²) in [5.74, 6) is 1.48. The Morgan fingerprint density at radius 2 is 1.96 bits per heavy atom. The molecule has 23 heavy (non-hydrogen) atoms. The van der Waals surface area contributed by atoms with E-state index in [-0.39, 0.29) is 5.91 Å². The van der Waals surface area contributed by atoms with Crippen molar-refractivity contribution in [2.45, 2.75) is 38.1 Å². The van der Waals surface area contributed by atoms with Crippen LogP contribution in [0.5, 0.6) is 0 Å². The van der Waals surface area contributed by atoms with Crippen LogP contribution in [0.1, 0.15) is 38.0 Å². The Morgan fingerprint density at radius 3 is 2.70 bits per heavy atom. The third-order valence-electron chi connectivity index (χ3n) is 5.31. The van der Waals surface area contributed by atoms with Gasteiger partial charge in [-0.2, -0.15) is 0 Å². The van der Waals surface area contributed by atoms with E-state index in [4.69, 9.17) is 4.42 Å². The summed E-state index contributed by atoms with van der Waals surface area (Å²) in [6.07, 6.45) is 3.28. The van der Waals surface area contributed by atoms with Gasteiger partial charge in [-0.15, -0.1) is 0 Å². The lowest BCUT2D eigenvalue weighted by Gasteiger charge is -2.36. The second-order valence-corrected chi connectivity index (χ2v) is 6.74. The highest BCUT2D eigenvalue weighted by Gasteiger charge is 2.33. The monoisotopic (exact) mass is 313 g/mol. The Hall–Kier alpha value is -1.88. The number of nitrogens with zero attached hydrogens (tertiary/aromatic N) is 3. The molecule has 2 saturated heterocycles. The third-order valence-corrected chi connectivity index (χ3v) is 5.31. The van der Waals surface area contributed by atoms with Crippen molar-refractivity contribution < 1.29 is 9.21 Å². The smallest absolute Gasteiger partial charge is 0.219 e. The average Bonchev–Trinajstić information content (AvgIpc) is 3.21. The molecule has 0 spiro atoms. The normalized spacial score (nSPS) is 23.7. The number of likely N-dealkylation sites (tertiary alicyclic amines) is 2. The first-order valence-electron chi connectivity index (χ1n) is 8.56. The molecule has 2 aliphatic heterocycles. The fraction of sp³-hybridized carbons (Fsp3) is 0.556. The Kier molecular flexibility index (Phi) is 3.81. The molecular formula is C18H23N3O2. The van der Waals surface area contributed by atoms with Crippen LogP contribution in [0.3, 0.4) is 0 Å². The van der Waals surface area contributed by atoms with Crippen molar-refractivity contribution in [1.82, 2.24) is 14.8 Å². The second kappa shape index (κ2) is 5.96. The predicted octanol–water partition coefficient (Wildman–Crippen LogP) is 2.63. The summed E-state index contributed by atoms with van der Waals surface area (Å²) in [7, 11) is 0. The van der Waals surface area contributed by atoms with E-state index in [9.17, 15) is 4.79 Å². The van der Waals surface area contributed by atoms with E-state index in [1.807, 2.05) is 29.2 Å². The molecule has 0 radical (unpaired) electrons. The maximum atomic E-state index is 11.4. The molecule has 0 bridgehead atoms. The number of rotatable bonds is 2. The molecule has 2 fully saturated rings. The Bertz CT molecular complexity index is 670. The van der Waals surface area contributed by atoms with Crippen LogP contribution in [0.25, 0.3) is 11.1 Å². The van der Waals surface area contributed by atoms with Crippen molar-refractivity contribution in [3.63, 3.8) is 0 Å². The van der Waals surface area contributed by atoms with Gasteiger partial charge in [-0.25, -0.2) is 4.98 Å². The van der Waals surface area contributed by atoms with Crippen LogP contribution >= 0.6 is 0 Å². The zero-order valence-corrected chi connectivity index (χ0v) is 13.6. The Labute approximate surface area is 136 Å². The molecule has 5 heteroatoms. The highest BCUT2D eigenvalue weighted by atomic mass is 16.3. The molecule has 5 nitrogen and oxygen atoms in total. The molecule has 122 valence electrons. The lowest BCUT2D eigenvalue weighted by Crippen LogP contribution is -2.45. The quantitative estimate of drug-likeness (QED) is 0.855. The number of hydrogen-bond acceptors (Lipinski definition) is 4. The molecule has 0 saturated carbocycles. The van der Waals surface area contributed by atoms with Crippen molar-refractivity contribution >= 4 is 17.0 Å². The van der Waals surface area contributed by atoms with E-state index in [1.54, 1.807) is 6.92 Å². The molecule has 1 aromatic heterocycles. The van der Waals surface area contributed by atoms with Gasteiger partial charge in [0.05, 0.1) is 0 Å². The first kappa shape index (κ1) is 14.7. The van der Waals surface area contributed by atoms with Crippen molar-refractivity contribution in [2.75, 3.05) is 26.2 Å². The minimum atomic E-state index is 0.203. The molecule has 1 atom stereocenters. The number of hydrogen-bond donors (Lipinski definition) is 0. The number of amides is 1. The SMILES string of the molecule is CC(=O)N1CCC(N2CC[C@H](c3nc4ccccc4o3)C2)CC1. The summed E-state index contributed by atoms with van der Waals surface area (Å²) in [6, 6.07) is 8.57. The summed E-state index contributed by atoms with van der Waals surface area (Å²) < 4.78 is 5.95. The van der Waals surface area contributed by atoms with E-state index >= 15 is 0 Å². The number of benzene rings is 1. The number of oxazole rings is 1. The molecule has 2 aromatic rings. The van der Waals surface area contributed by atoms with Crippen molar-refractivity contribution in [1.29, 1.82) is 0 Å². The fourth-order valence-electron chi connectivity index (χ4n) is 3.93. The zero-order chi connectivity index (χ0) is 15.8. The van der Waals surface area contributed by atoms with Crippen LogP contribution in [0, 0.1) is 0 Å². The molecule has 1 aromatic carbocycles. The predicted molar refractivity (Wildman–Crippen MR) is 88.2 cm³/mol. The van der Waals surface area contributed by atoms with E-state index in [2.05, 4.69) is 9.88 Å². The standard InChI is InChI=1S/C18H23N3O2/c1-13(22)20-10-7-15(8-11-20)21-9-6-14(12-21)18-19-16-4-2-3-5-17(16)23-18/h2-5,14-15H,6-12H2,1H3/t14-/m0/s1. The van der Waals surface area contributed by atoms with Crippen LogP contribution in [0.15, 0.2) is 28.7 Å². The van der Waals surface area contributed by atoms with E-state index in [1.165, 1.54) is 0 Å². The van der Waals surface area contributed by atoms with Gasteiger partial charge in [0.15, 0.2) is 11.5 Å². The van der Waals surface area contributed by atoms with Gasteiger partial charge in [0.1, 0.15) is 5.52 Å². The van der Waals surface area contributed by atoms with E-state index < -0.39 is 0 Å². The third kappa shape index (κ3) is 2.85. The van der Waals surface area contributed by atoms with Gasteiger partial charge in [0.2, 0.25) is 5.91 Å². The Balaban J connectivity index is 1.40. The molecule has 1 amide bonds. The highest BCUT2D eigenvalue weighted by molar-refractivity contribution is 5.73. The number of piperidine rings is 1. The van der Waals surface area contributed by atoms with Crippen molar-refractivity contribution in [3.8, 4) is 0 Å². The number of carbonyl (C=O) groups is 1. The molecule has 0 aliphatic carbocycles. The van der Waals surface area contributed by atoms with Crippen LogP contribution in [0.4, 0.5) is 0 Å². The fourth-order valence-corrected chi connectivity index (χ4v) is 3.93. The van der Waals surface area contributed by atoms with Gasteiger partial charge in [-0.3, -0.25) is 9.69 Å². The van der Waals surface area contributed by atoms with E-state index in [0.717, 1.165) is 62.4 Å². The van der Waals surface area contributed by atoms with Crippen LogP contribution in [0.2, 0.25) is 0 Å². The first-order valence-corrected chi connectivity index (χ1v) is 8.56. The summed E-state index contributed by atoms with van der Waals surface area (Å²) in [6.45, 7) is 5.58. The Morgan fingerprint density at radius 1 is 1.17 bits per heavy atom. The first-order chi connectivity index (χ1) is 11.2. The van der Waals surface area contributed by atoms with Crippen molar-refractivity contribution in [3.05, 3.63) is 30.2 Å². The van der Waals surface area contributed by atoms with Gasteiger partial charge in [0, 0.05) is 38.5 Å². The second-order valence-electron chi connectivity index (χ2n) is 6.74. The van der Waals surface area contributed by atoms with Gasteiger partial charge in [0.25, 0.3) is 0 Å².